The van der Waals surface area contributed by atoms with Gasteiger partial charge in [-0.1, -0.05) is 87.5 Å². The Hall–Kier alpha value is -1.02. The first-order valence-corrected chi connectivity index (χ1v) is 9.88. The SMILES string of the molecule is C=C(C=CC(=CCC)OC(OC)C(C)(C)C)C(CC(C)(C)C)C(C)(C)C. The summed E-state index contributed by atoms with van der Waals surface area (Å²) in [6.45, 7) is 26.6. The van der Waals surface area contributed by atoms with Crippen molar-refractivity contribution in [3.05, 3.63) is 36.1 Å². The molecule has 0 aromatic rings. The molecule has 0 N–H and O–H groups in total. The van der Waals surface area contributed by atoms with Crippen molar-refractivity contribution in [2.24, 2.45) is 22.2 Å². The van der Waals surface area contributed by atoms with Crippen LogP contribution in [-0.4, -0.2) is 13.4 Å². The van der Waals surface area contributed by atoms with E-state index in [4.69, 9.17) is 9.47 Å². The molecule has 2 nitrogen and oxygen atoms in total. The van der Waals surface area contributed by atoms with Crippen molar-refractivity contribution in [2.75, 3.05) is 7.11 Å². The molecule has 0 saturated heterocycles. The summed E-state index contributed by atoms with van der Waals surface area (Å²) in [4.78, 5) is 0. The van der Waals surface area contributed by atoms with Gasteiger partial charge in [0.2, 0.25) is 6.29 Å². The van der Waals surface area contributed by atoms with Crippen molar-refractivity contribution in [1.82, 2.24) is 0 Å². The van der Waals surface area contributed by atoms with Gasteiger partial charge in [0, 0.05) is 12.5 Å². The van der Waals surface area contributed by atoms with Gasteiger partial charge in [-0.15, -0.1) is 0 Å². The van der Waals surface area contributed by atoms with Gasteiger partial charge in [-0.3, -0.25) is 0 Å². The lowest BCUT2D eigenvalue weighted by Crippen LogP contribution is -2.30. The van der Waals surface area contributed by atoms with E-state index in [0.717, 1.165) is 24.2 Å². The summed E-state index contributed by atoms with van der Waals surface area (Å²) in [5.74, 6) is 1.27. The molecular formula is C24H44O2. The molecule has 2 atom stereocenters. The maximum atomic E-state index is 6.13. The third-order valence-corrected chi connectivity index (χ3v) is 4.34. The van der Waals surface area contributed by atoms with Crippen molar-refractivity contribution in [1.29, 1.82) is 0 Å². The second-order valence-corrected chi connectivity index (χ2v) is 10.7. The molecule has 0 spiro atoms. The molecule has 0 fully saturated rings. The zero-order valence-electron chi connectivity index (χ0n) is 19.3. The molecule has 26 heavy (non-hydrogen) atoms. The minimum absolute atomic E-state index is 0.0907. The van der Waals surface area contributed by atoms with Gasteiger partial charge in [-0.25, -0.2) is 0 Å². The van der Waals surface area contributed by atoms with Gasteiger partial charge in [0.25, 0.3) is 0 Å². The van der Waals surface area contributed by atoms with Crippen LogP contribution in [0.3, 0.4) is 0 Å². The number of hydrogen-bond acceptors (Lipinski definition) is 2. The number of hydrogen-bond donors (Lipinski definition) is 0. The molecule has 0 aromatic heterocycles. The Labute approximate surface area is 163 Å². The van der Waals surface area contributed by atoms with Gasteiger partial charge in [0.15, 0.2) is 0 Å². The molecule has 2 unspecified atom stereocenters. The molecule has 0 aliphatic carbocycles. The summed E-state index contributed by atoms with van der Waals surface area (Å²) in [5.41, 5.74) is 1.50. The molecule has 0 aromatic carbocycles. The molecule has 0 saturated carbocycles. The van der Waals surface area contributed by atoms with Crippen molar-refractivity contribution in [3.8, 4) is 0 Å². The van der Waals surface area contributed by atoms with Crippen molar-refractivity contribution >= 4 is 0 Å². The minimum Gasteiger partial charge on any atom is -0.465 e. The van der Waals surface area contributed by atoms with Gasteiger partial charge in [0.05, 0.1) is 0 Å². The van der Waals surface area contributed by atoms with Gasteiger partial charge in [-0.2, -0.15) is 0 Å². The molecule has 152 valence electrons. The fourth-order valence-electron chi connectivity index (χ4n) is 2.97. The molecule has 0 bridgehead atoms. The van der Waals surface area contributed by atoms with Crippen LogP contribution < -0.4 is 0 Å². The summed E-state index contributed by atoms with van der Waals surface area (Å²) < 4.78 is 11.7. The van der Waals surface area contributed by atoms with E-state index in [1.165, 1.54) is 0 Å². The van der Waals surface area contributed by atoms with Crippen LogP contribution in [0.15, 0.2) is 36.1 Å². The van der Waals surface area contributed by atoms with Gasteiger partial charge in [0.1, 0.15) is 5.76 Å². The van der Waals surface area contributed by atoms with Crippen LogP contribution in [0.1, 0.15) is 82.1 Å². The lowest BCUT2D eigenvalue weighted by molar-refractivity contribution is -0.152. The smallest absolute Gasteiger partial charge is 0.204 e. The largest absolute Gasteiger partial charge is 0.465 e. The third kappa shape index (κ3) is 9.62. The Bertz CT molecular complexity index is 490. The highest BCUT2D eigenvalue weighted by molar-refractivity contribution is 5.26. The second-order valence-electron chi connectivity index (χ2n) is 10.7. The molecule has 2 heteroatoms. The molecule has 0 aliphatic rings. The fourth-order valence-corrected chi connectivity index (χ4v) is 2.97. The summed E-state index contributed by atoms with van der Waals surface area (Å²) in [6.07, 6.45) is 8.00. The molecule has 0 aliphatic heterocycles. The highest BCUT2D eigenvalue weighted by Gasteiger charge is 2.30. The first kappa shape index (κ1) is 25.0. The molecular weight excluding hydrogens is 320 g/mol. The molecule has 0 rings (SSSR count). The van der Waals surface area contributed by atoms with Crippen LogP contribution in [0.2, 0.25) is 0 Å². The summed E-state index contributed by atoms with van der Waals surface area (Å²) in [7, 11) is 1.70. The minimum atomic E-state index is -0.286. The second kappa shape index (κ2) is 9.78. The molecule has 0 radical (unpaired) electrons. The maximum Gasteiger partial charge on any atom is 0.204 e. The Kier molecular flexibility index (Phi) is 9.40. The summed E-state index contributed by atoms with van der Waals surface area (Å²) >= 11 is 0. The predicted molar refractivity (Wildman–Crippen MR) is 115 cm³/mol. The maximum absolute atomic E-state index is 6.13. The molecule has 0 amide bonds. The zero-order chi connectivity index (χ0) is 20.8. The highest BCUT2D eigenvalue weighted by atomic mass is 16.7. The Morgan fingerprint density at radius 1 is 0.923 bits per heavy atom. The fraction of sp³-hybridized carbons (Fsp3) is 0.750. The Morgan fingerprint density at radius 2 is 1.46 bits per heavy atom. The van der Waals surface area contributed by atoms with Crippen LogP contribution in [0.25, 0.3) is 0 Å². The van der Waals surface area contributed by atoms with Crippen LogP contribution in [0.5, 0.6) is 0 Å². The number of ether oxygens (including phenoxy) is 2. The quantitative estimate of drug-likeness (QED) is 0.252. The monoisotopic (exact) mass is 364 g/mol. The van der Waals surface area contributed by atoms with E-state index in [2.05, 4.69) is 88.0 Å². The Balaban J connectivity index is 5.41. The van der Waals surface area contributed by atoms with E-state index in [0.29, 0.717) is 5.92 Å². The number of allylic oxidation sites excluding steroid dienone is 4. The summed E-state index contributed by atoms with van der Waals surface area (Å²) in [6, 6.07) is 0. The number of rotatable bonds is 8. The first-order chi connectivity index (χ1) is 11.6. The average Bonchev–Trinajstić information content (AvgIpc) is 2.44. The first-order valence-electron chi connectivity index (χ1n) is 9.88. The zero-order valence-corrected chi connectivity index (χ0v) is 19.3. The van der Waals surface area contributed by atoms with E-state index in [1.54, 1.807) is 7.11 Å². The van der Waals surface area contributed by atoms with Crippen LogP contribution in [0, 0.1) is 22.2 Å². The van der Waals surface area contributed by atoms with Crippen LogP contribution in [0.4, 0.5) is 0 Å². The van der Waals surface area contributed by atoms with Gasteiger partial charge < -0.3 is 9.47 Å². The average molecular weight is 365 g/mol. The third-order valence-electron chi connectivity index (χ3n) is 4.34. The lowest BCUT2D eigenvalue weighted by atomic mass is 9.69. The Morgan fingerprint density at radius 3 is 1.81 bits per heavy atom. The topological polar surface area (TPSA) is 18.5 Å². The van der Waals surface area contributed by atoms with Gasteiger partial charge in [-0.05, 0) is 41.7 Å². The van der Waals surface area contributed by atoms with Crippen molar-refractivity contribution < 1.29 is 9.47 Å². The van der Waals surface area contributed by atoms with E-state index in [9.17, 15) is 0 Å². The summed E-state index contributed by atoms with van der Waals surface area (Å²) in [5, 5.41) is 0. The van der Waals surface area contributed by atoms with E-state index >= 15 is 0 Å². The normalized spacial score (nSPS) is 16.7. The van der Waals surface area contributed by atoms with Crippen LogP contribution in [-0.2, 0) is 9.47 Å². The highest BCUT2D eigenvalue weighted by Crippen LogP contribution is 2.40. The van der Waals surface area contributed by atoms with Crippen molar-refractivity contribution in [2.45, 2.75) is 88.4 Å². The number of methoxy groups -OCH3 is 1. The van der Waals surface area contributed by atoms with E-state index < -0.39 is 0 Å². The van der Waals surface area contributed by atoms with E-state index in [-0.39, 0.29) is 22.5 Å². The standard InChI is InChI=1S/C24H44O2/c1-13-14-19(26-21(25-12)24(9,10)11)16-15-18(2)20(23(6,7)8)17-22(3,4)5/h14-16,20-21H,2,13,17H2,1,3-12H3. The van der Waals surface area contributed by atoms with Gasteiger partial charge >= 0.3 is 0 Å². The van der Waals surface area contributed by atoms with Crippen molar-refractivity contribution in [3.63, 3.8) is 0 Å². The van der Waals surface area contributed by atoms with Crippen LogP contribution >= 0.6 is 0 Å². The molecule has 0 heterocycles. The lowest BCUT2D eigenvalue weighted by Gasteiger charge is -2.36. The predicted octanol–water partition coefficient (Wildman–Crippen LogP) is 7.53. The van der Waals surface area contributed by atoms with E-state index in [1.807, 2.05) is 6.08 Å².